The Morgan fingerprint density at radius 1 is 1.44 bits per heavy atom. The van der Waals surface area contributed by atoms with E-state index in [2.05, 4.69) is 15.9 Å². The maximum atomic E-state index is 10.9. The lowest BCUT2D eigenvalue weighted by atomic mass is 10.1. The highest BCUT2D eigenvalue weighted by Gasteiger charge is 2.11. The molecule has 0 radical (unpaired) electrons. The molecule has 0 amide bonds. The Kier molecular flexibility index (Phi) is 2.22. The second kappa shape index (κ2) is 2.97. The number of halogens is 1. The predicted molar refractivity (Wildman–Crippen MR) is 40.6 cm³/mol. The van der Waals surface area contributed by atoms with Crippen LogP contribution in [-0.2, 0) is 4.79 Å². The van der Waals surface area contributed by atoms with Crippen molar-refractivity contribution in [2.24, 2.45) is 5.92 Å². The predicted octanol–water partition coefficient (Wildman–Crippen LogP) is 1.69. The molecular weight excluding hydrogens is 180 g/mol. The van der Waals surface area contributed by atoms with Crippen molar-refractivity contribution >= 4 is 21.7 Å². The van der Waals surface area contributed by atoms with E-state index in [1.54, 1.807) is 0 Å². The van der Waals surface area contributed by atoms with Crippen LogP contribution in [0.2, 0.25) is 0 Å². The van der Waals surface area contributed by atoms with Crippen molar-refractivity contribution in [3.8, 4) is 0 Å². The van der Waals surface area contributed by atoms with Crippen molar-refractivity contribution in [3.63, 3.8) is 0 Å². The Hall–Kier alpha value is -0.370. The third kappa shape index (κ3) is 1.52. The molecule has 0 aromatic heterocycles. The molecule has 0 N–H and O–H groups in total. The van der Waals surface area contributed by atoms with Crippen molar-refractivity contribution in [1.29, 1.82) is 0 Å². The zero-order chi connectivity index (χ0) is 6.69. The Balaban J connectivity index is 2.53. The molecule has 1 aliphatic rings. The summed E-state index contributed by atoms with van der Waals surface area (Å²) < 4.78 is 0. The first kappa shape index (κ1) is 6.75. The summed E-state index contributed by atoms with van der Waals surface area (Å²) in [6.07, 6.45) is 7.57. The summed E-state index contributed by atoms with van der Waals surface area (Å²) in [6.45, 7) is 0. The van der Waals surface area contributed by atoms with Gasteiger partial charge in [0.25, 0.3) is 0 Å². The summed E-state index contributed by atoms with van der Waals surface area (Å²) in [4.78, 5) is 10.9. The van der Waals surface area contributed by atoms with Gasteiger partial charge in [-0.05, 0) is 0 Å². The molecule has 1 rings (SSSR count). The summed E-state index contributed by atoms with van der Waals surface area (Å²) >= 11 is 3.11. The minimum Gasteiger partial charge on any atom is -0.298 e. The van der Waals surface area contributed by atoms with E-state index in [-0.39, 0.29) is 11.7 Å². The van der Waals surface area contributed by atoms with Gasteiger partial charge in [-0.1, -0.05) is 40.2 Å². The molecule has 1 nitrogen and oxygen atoms in total. The van der Waals surface area contributed by atoms with Gasteiger partial charge in [-0.25, -0.2) is 0 Å². The van der Waals surface area contributed by atoms with Gasteiger partial charge in [0.2, 0.25) is 0 Å². The second-order valence-corrected chi connectivity index (χ2v) is 2.46. The van der Waals surface area contributed by atoms with Gasteiger partial charge in [-0.3, -0.25) is 4.79 Å². The lowest BCUT2D eigenvalue weighted by molar-refractivity contribution is -0.117. The topological polar surface area (TPSA) is 17.1 Å². The van der Waals surface area contributed by atoms with Crippen molar-refractivity contribution in [2.45, 2.75) is 0 Å². The largest absolute Gasteiger partial charge is 0.298 e. The fourth-order valence-electron chi connectivity index (χ4n) is 0.736. The summed E-state index contributed by atoms with van der Waals surface area (Å²) in [7, 11) is 0. The first-order chi connectivity index (χ1) is 4.34. The maximum Gasteiger partial charge on any atom is 0.154 e. The summed E-state index contributed by atoms with van der Waals surface area (Å²) in [6, 6.07) is 0. The summed E-state index contributed by atoms with van der Waals surface area (Å²) in [5, 5.41) is 0.451. The van der Waals surface area contributed by atoms with Crippen LogP contribution in [0.3, 0.4) is 0 Å². The molecule has 0 fully saturated rings. The Bertz CT molecular complexity index is 158. The lowest BCUT2D eigenvalue weighted by Gasteiger charge is -1.97. The van der Waals surface area contributed by atoms with Crippen LogP contribution in [0.4, 0.5) is 0 Å². The standard InChI is InChI=1S/C7H7BrO/c8-5-7(9)6-3-1-2-4-6/h1-4,6H,5H2. The molecule has 0 atom stereocenters. The van der Waals surface area contributed by atoms with Gasteiger partial charge in [0, 0.05) is 0 Å². The van der Waals surface area contributed by atoms with Crippen LogP contribution in [-0.4, -0.2) is 11.1 Å². The number of allylic oxidation sites excluding steroid dienone is 4. The summed E-state index contributed by atoms with van der Waals surface area (Å²) in [5.41, 5.74) is 0. The molecular formula is C7H7BrO. The first-order valence-electron chi connectivity index (χ1n) is 2.78. The van der Waals surface area contributed by atoms with Gasteiger partial charge in [0.15, 0.2) is 5.78 Å². The molecule has 1 aliphatic carbocycles. The monoisotopic (exact) mass is 186 g/mol. The first-order valence-corrected chi connectivity index (χ1v) is 3.90. The molecule has 48 valence electrons. The molecule has 0 bridgehead atoms. The third-order valence-electron chi connectivity index (χ3n) is 1.25. The molecule has 9 heavy (non-hydrogen) atoms. The molecule has 0 aliphatic heterocycles. The minimum absolute atomic E-state index is 0.0318. The van der Waals surface area contributed by atoms with E-state index in [1.165, 1.54) is 0 Å². The Morgan fingerprint density at radius 3 is 2.44 bits per heavy atom. The maximum absolute atomic E-state index is 10.9. The normalized spacial score (nSPS) is 17.0. The van der Waals surface area contributed by atoms with Crippen LogP contribution >= 0.6 is 15.9 Å². The molecule has 0 aromatic rings. The number of rotatable bonds is 2. The number of hydrogen-bond donors (Lipinski definition) is 0. The van der Waals surface area contributed by atoms with E-state index in [9.17, 15) is 4.79 Å². The average Bonchev–Trinajstić information content (AvgIpc) is 2.37. The highest BCUT2D eigenvalue weighted by atomic mass is 79.9. The minimum atomic E-state index is 0.0318. The molecule has 0 aromatic carbocycles. The van der Waals surface area contributed by atoms with E-state index in [0.29, 0.717) is 5.33 Å². The quantitative estimate of drug-likeness (QED) is 0.601. The smallest absolute Gasteiger partial charge is 0.154 e. The van der Waals surface area contributed by atoms with Crippen molar-refractivity contribution in [3.05, 3.63) is 24.3 Å². The molecule has 2 heteroatoms. The number of carbonyl (C=O) groups is 1. The molecule has 0 heterocycles. The number of carbonyl (C=O) groups excluding carboxylic acids is 1. The van der Waals surface area contributed by atoms with Crippen LogP contribution < -0.4 is 0 Å². The molecule has 0 saturated carbocycles. The molecule has 0 saturated heterocycles. The van der Waals surface area contributed by atoms with E-state index in [4.69, 9.17) is 0 Å². The fraction of sp³-hybridized carbons (Fsp3) is 0.286. The Morgan fingerprint density at radius 2 is 2.00 bits per heavy atom. The zero-order valence-electron chi connectivity index (χ0n) is 4.88. The van der Waals surface area contributed by atoms with Gasteiger partial charge >= 0.3 is 0 Å². The van der Waals surface area contributed by atoms with Gasteiger partial charge in [0.05, 0.1) is 11.2 Å². The van der Waals surface area contributed by atoms with Crippen LogP contribution in [0.25, 0.3) is 0 Å². The number of alkyl halides is 1. The van der Waals surface area contributed by atoms with Crippen LogP contribution in [0.1, 0.15) is 0 Å². The van der Waals surface area contributed by atoms with E-state index in [0.717, 1.165) is 0 Å². The highest BCUT2D eigenvalue weighted by molar-refractivity contribution is 9.09. The van der Waals surface area contributed by atoms with Crippen LogP contribution in [0.5, 0.6) is 0 Å². The zero-order valence-corrected chi connectivity index (χ0v) is 6.47. The number of hydrogen-bond acceptors (Lipinski definition) is 1. The fourth-order valence-corrected chi connectivity index (χ4v) is 1.11. The van der Waals surface area contributed by atoms with E-state index in [1.807, 2.05) is 24.3 Å². The van der Waals surface area contributed by atoms with Crippen molar-refractivity contribution < 1.29 is 4.79 Å². The summed E-state index contributed by atoms with van der Waals surface area (Å²) in [5.74, 6) is 0.254. The second-order valence-electron chi connectivity index (χ2n) is 1.90. The highest BCUT2D eigenvalue weighted by Crippen LogP contribution is 2.10. The lowest BCUT2D eigenvalue weighted by Crippen LogP contribution is -2.08. The number of ketones is 1. The average molecular weight is 187 g/mol. The third-order valence-corrected chi connectivity index (χ3v) is 1.80. The SMILES string of the molecule is O=C(CBr)C1C=CC=C1. The van der Waals surface area contributed by atoms with Crippen molar-refractivity contribution in [1.82, 2.24) is 0 Å². The molecule has 0 unspecified atom stereocenters. The Labute approximate surface area is 62.6 Å². The van der Waals surface area contributed by atoms with Gasteiger partial charge in [-0.2, -0.15) is 0 Å². The van der Waals surface area contributed by atoms with Crippen LogP contribution in [0, 0.1) is 5.92 Å². The van der Waals surface area contributed by atoms with Gasteiger partial charge in [0.1, 0.15) is 0 Å². The van der Waals surface area contributed by atoms with E-state index < -0.39 is 0 Å². The van der Waals surface area contributed by atoms with E-state index >= 15 is 0 Å². The van der Waals surface area contributed by atoms with Crippen LogP contribution in [0.15, 0.2) is 24.3 Å². The van der Waals surface area contributed by atoms with Gasteiger partial charge in [-0.15, -0.1) is 0 Å². The van der Waals surface area contributed by atoms with Crippen molar-refractivity contribution in [2.75, 3.05) is 5.33 Å². The number of Topliss-reactive ketones (excluding diaryl/α,β-unsaturated/α-hetero) is 1. The van der Waals surface area contributed by atoms with Gasteiger partial charge < -0.3 is 0 Å². The molecule has 0 spiro atoms.